The summed E-state index contributed by atoms with van der Waals surface area (Å²) in [6.07, 6.45) is 2.45. The number of halogens is 1. The van der Waals surface area contributed by atoms with E-state index in [1.165, 1.54) is 6.07 Å². The summed E-state index contributed by atoms with van der Waals surface area (Å²) in [6.45, 7) is 2.89. The number of para-hydroxylation sites is 1. The molecule has 0 unspecified atom stereocenters. The molecule has 0 aliphatic heterocycles. The summed E-state index contributed by atoms with van der Waals surface area (Å²) in [5, 5.41) is 2.71. The van der Waals surface area contributed by atoms with E-state index in [1.807, 2.05) is 6.92 Å². The van der Waals surface area contributed by atoms with Crippen molar-refractivity contribution in [3.8, 4) is 5.75 Å². The molecule has 5 heteroatoms. The average Bonchev–Trinajstić information content (AvgIpc) is 2.39. The van der Waals surface area contributed by atoms with Crippen LogP contribution in [0.1, 0.15) is 25.3 Å². The molecule has 0 spiro atoms. The largest absolute Gasteiger partial charge is 0.480 e. The maximum Gasteiger partial charge on any atom is 0.257 e. The van der Waals surface area contributed by atoms with Crippen molar-refractivity contribution in [2.45, 2.75) is 26.2 Å². The fourth-order valence-electron chi connectivity index (χ4n) is 1.66. The van der Waals surface area contributed by atoms with Crippen LogP contribution in [0.25, 0.3) is 0 Å². The molecule has 4 nitrogen and oxygen atoms in total. The number of carbonyl (C=O) groups excluding carboxylic acids is 1. The fourth-order valence-corrected chi connectivity index (χ4v) is 1.66. The molecule has 1 amide bonds. The normalized spacial score (nSPS) is 10.3. The summed E-state index contributed by atoms with van der Waals surface area (Å²) in [7, 11) is 0. The highest BCUT2D eigenvalue weighted by Crippen LogP contribution is 2.22. The fraction of sp³-hybridized carbons (Fsp3) is 0.500. The number of amides is 1. The van der Waals surface area contributed by atoms with Gasteiger partial charge in [0.2, 0.25) is 0 Å². The quantitative estimate of drug-likeness (QED) is 0.704. The lowest BCUT2D eigenvalue weighted by molar-refractivity contribution is -0.123. The van der Waals surface area contributed by atoms with Crippen molar-refractivity contribution in [2.24, 2.45) is 5.73 Å². The number of carbonyl (C=O) groups is 1. The van der Waals surface area contributed by atoms with Crippen molar-refractivity contribution in [3.05, 3.63) is 29.6 Å². The van der Waals surface area contributed by atoms with Gasteiger partial charge in [0.25, 0.3) is 5.91 Å². The number of hydrogen-bond donors (Lipinski definition) is 2. The third-order valence-corrected chi connectivity index (χ3v) is 2.66. The number of unbranched alkanes of at least 4 members (excludes halogenated alkanes) is 1. The van der Waals surface area contributed by atoms with Gasteiger partial charge in [0, 0.05) is 6.54 Å². The molecule has 0 bridgehead atoms. The lowest BCUT2D eigenvalue weighted by atomic mass is 10.1. The first-order chi connectivity index (χ1) is 9.19. The van der Waals surface area contributed by atoms with Gasteiger partial charge in [-0.3, -0.25) is 4.79 Å². The molecule has 0 atom stereocenters. The smallest absolute Gasteiger partial charge is 0.257 e. The van der Waals surface area contributed by atoms with Crippen molar-refractivity contribution in [1.29, 1.82) is 0 Å². The van der Waals surface area contributed by atoms with Gasteiger partial charge in [0.15, 0.2) is 18.2 Å². The van der Waals surface area contributed by atoms with Crippen LogP contribution in [0.5, 0.6) is 5.75 Å². The molecule has 0 aliphatic rings. The van der Waals surface area contributed by atoms with Crippen LogP contribution in [-0.4, -0.2) is 25.6 Å². The van der Waals surface area contributed by atoms with Gasteiger partial charge in [0.05, 0.1) is 0 Å². The highest BCUT2D eigenvalue weighted by molar-refractivity contribution is 5.77. The number of nitrogens with two attached hydrogens (primary N) is 1. The van der Waals surface area contributed by atoms with Gasteiger partial charge in [0.1, 0.15) is 0 Å². The lowest BCUT2D eigenvalue weighted by Gasteiger charge is -2.12. The molecular formula is C14H21FN2O2. The summed E-state index contributed by atoms with van der Waals surface area (Å²) in [6, 6.07) is 4.67. The van der Waals surface area contributed by atoms with E-state index in [0.29, 0.717) is 25.1 Å². The molecule has 19 heavy (non-hydrogen) atoms. The van der Waals surface area contributed by atoms with Crippen molar-refractivity contribution in [2.75, 3.05) is 19.7 Å². The summed E-state index contributed by atoms with van der Waals surface area (Å²) < 4.78 is 18.9. The Morgan fingerprint density at radius 3 is 2.95 bits per heavy atom. The van der Waals surface area contributed by atoms with E-state index in [-0.39, 0.29) is 18.3 Å². The van der Waals surface area contributed by atoms with Crippen molar-refractivity contribution in [1.82, 2.24) is 5.32 Å². The third kappa shape index (κ3) is 5.26. The van der Waals surface area contributed by atoms with Gasteiger partial charge in [-0.25, -0.2) is 4.39 Å². The molecule has 1 aromatic carbocycles. The van der Waals surface area contributed by atoms with Crippen LogP contribution in [0.15, 0.2) is 18.2 Å². The number of nitrogens with one attached hydrogen (secondary N) is 1. The van der Waals surface area contributed by atoms with Crippen LogP contribution in [0.2, 0.25) is 0 Å². The Morgan fingerprint density at radius 1 is 1.47 bits per heavy atom. The zero-order valence-electron chi connectivity index (χ0n) is 11.2. The van der Waals surface area contributed by atoms with Gasteiger partial charge in [-0.2, -0.15) is 0 Å². The monoisotopic (exact) mass is 268 g/mol. The Morgan fingerprint density at radius 2 is 2.26 bits per heavy atom. The third-order valence-electron chi connectivity index (χ3n) is 2.66. The molecule has 1 rings (SSSR count). The number of ether oxygens (including phenoxy) is 1. The molecule has 0 fully saturated rings. The average molecular weight is 268 g/mol. The van der Waals surface area contributed by atoms with Crippen LogP contribution in [0.3, 0.4) is 0 Å². The molecule has 1 aromatic rings. The van der Waals surface area contributed by atoms with E-state index in [0.717, 1.165) is 12.8 Å². The zero-order valence-corrected chi connectivity index (χ0v) is 11.2. The number of hydrogen-bond acceptors (Lipinski definition) is 3. The molecule has 0 aromatic heterocycles. The van der Waals surface area contributed by atoms with E-state index in [2.05, 4.69) is 5.32 Å². The Kier molecular flexibility index (Phi) is 6.89. The van der Waals surface area contributed by atoms with Gasteiger partial charge in [-0.05, 0) is 31.0 Å². The second-order valence-corrected chi connectivity index (χ2v) is 4.26. The second-order valence-electron chi connectivity index (χ2n) is 4.26. The standard InChI is InChI=1S/C14H21FN2O2/c1-2-3-9-17-13(18)10-19-14-11(7-8-16)5-4-6-12(14)15/h4-6H,2-3,7-10,16H2,1H3,(H,17,18). The summed E-state index contributed by atoms with van der Waals surface area (Å²) >= 11 is 0. The summed E-state index contributed by atoms with van der Waals surface area (Å²) in [5.74, 6) is -0.582. The topological polar surface area (TPSA) is 64.3 Å². The number of rotatable bonds is 8. The minimum absolute atomic E-state index is 0.124. The Balaban J connectivity index is 2.54. The van der Waals surface area contributed by atoms with Crippen molar-refractivity contribution < 1.29 is 13.9 Å². The first kappa shape index (κ1) is 15.4. The summed E-state index contributed by atoms with van der Waals surface area (Å²) in [5.41, 5.74) is 6.14. The highest BCUT2D eigenvalue weighted by Gasteiger charge is 2.11. The van der Waals surface area contributed by atoms with E-state index in [4.69, 9.17) is 10.5 Å². The van der Waals surface area contributed by atoms with Crippen LogP contribution in [-0.2, 0) is 11.2 Å². The molecule has 0 saturated carbocycles. The van der Waals surface area contributed by atoms with E-state index >= 15 is 0 Å². The second kappa shape index (κ2) is 8.48. The van der Waals surface area contributed by atoms with Crippen molar-refractivity contribution >= 4 is 5.91 Å². The molecule has 3 N–H and O–H groups in total. The SMILES string of the molecule is CCCCNC(=O)COc1c(F)cccc1CCN. The van der Waals surface area contributed by atoms with Crippen LogP contribution in [0.4, 0.5) is 4.39 Å². The van der Waals surface area contributed by atoms with E-state index < -0.39 is 5.82 Å². The van der Waals surface area contributed by atoms with Crippen LogP contribution in [0, 0.1) is 5.82 Å². The van der Waals surface area contributed by atoms with Gasteiger partial charge in [-0.15, -0.1) is 0 Å². The molecule has 0 radical (unpaired) electrons. The number of benzene rings is 1. The van der Waals surface area contributed by atoms with Crippen LogP contribution < -0.4 is 15.8 Å². The Hall–Kier alpha value is -1.62. The van der Waals surface area contributed by atoms with Crippen LogP contribution >= 0.6 is 0 Å². The van der Waals surface area contributed by atoms with Gasteiger partial charge >= 0.3 is 0 Å². The molecule has 0 saturated heterocycles. The Bertz CT molecular complexity index is 410. The Labute approximate surface area is 113 Å². The minimum Gasteiger partial charge on any atom is -0.480 e. The first-order valence-corrected chi connectivity index (χ1v) is 6.56. The highest BCUT2D eigenvalue weighted by atomic mass is 19.1. The van der Waals surface area contributed by atoms with E-state index in [9.17, 15) is 9.18 Å². The maximum absolute atomic E-state index is 13.6. The first-order valence-electron chi connectivity index (χ1n) is 6.56. The van der Waals surface area contributed by atoms with E-state index in [1.54, 1.807) is 12.1 Å². The maximum atomic E-state index is 13.6. The predicted molar refractivity (Wildman–Crippen MR) is 72.6 cm³/mol. The predicted octanol–water partition coefficient (Wildman–Crippen LogP) is 1.62. The minimum atomic E-state index is -0.465. The zero-order chi connectivity index (χ0) is 14.1. The molecular weight excluding hydrogens is 247 g/mol. The van der Waals surface area contributed by atoms with Gasteiger partial charge < -0.3 is 15.8 Å². The van der Waals surface area contributed by atoms with Crippen molar-refractivity contribution in [3.63, 3.8) is 0 Å². The molecule has 0 aliphatic carbocycles. The molecule has 0 heterocycles. The van der Waals surface area contributed by atoms with Gasteiger partial charge in [-0.1, -0.05) is 25.5 Å². The lowest BCUT2D eigenvalue weighted by Crippen LogP contribution is -2.30. The summed E-state index contributed by atoms with van der Waals surface area (Å²) in [4.78, 5) is 11.5. The molecule has 106 valence electrons.